The monoisotopic (exact) mass is 384 g/mol. The van der Waals surface area contributed by atoms with Crippen LogP contribution in [0.1, 0.15) is 24.1 Å². The highest BCUT2D eigenvalue weighted by atomic mass is 35.5. The summed E-state index contributed by atoms with van der Waals surface area (Å²) in [6, 6.07) is 11.3. The Morgan fingerprint density at radius 3 is 2.63 bits per heavy atom. The predicted molar refractivity (Wildman–Crippen MR) is 98.7 cm³/mol. The molecule has 0 bridgehead atoms. The number of allylic oxidation sites excluding steroid dienone is 2. The van der Waals surface area contributed by atoms with Crippen molar-refractivity contribution in [2.75, 3.05) is 7.11 Å². The Kier molecular flexibility index (Phi) is 4.93. The lowest BCUT2D eigenvalue weighted by atomic mass is 9.83. The number of hydrogen-bond acceptors (Lipinski definition) is 6. The number of para-hydroxylation sites is 1. The summed E-state index contributed by atoms with van der Waals surface area (Å²) in [6.45, 7) is 3.34. The lowest BCUT2D eigenvalue weighted by Crippen LogP contribution is -2.25. The lowest BCUT2D eigenvalue weighted by Gasteiger charge is -2.26. The van der Waals surface area contributed by atoms with Crippen LogP contribution in [0.25, 0.3) is 5.69 Å². The number of aryl methyl sites for hydroxylation is 1. The second-order valence-corrected chi connectivity index (χ2v) is 6.28. The number of carbonyl (C=O) groups is 1. The number of rotatable bonds is 3. The van der Waals surface area contributed by atoms with Gasteiger partial charge in [0.25, 0.3) is 0 Å². The van der Waals surface area contributed by atoms with Gasteiger partial charge in [0.2, 0.25) is 5.88 Å². The van der Waals surface area contributed by atoms with E-state index < -0.39 is 11.9 Å². The molecule has 27 heavy (non-hydrogen) atoms. The minimum atomic E-state index is -0.832. The molecule has 2 N–H and O–H groups in total. The largest absolute Gasteiger partial charge is 0.466 e. The zero-order valence-electron chi connectivity index (χ0n) is 15.0. The molecule has 0 unspecified atom stereocenters. The molecule has 2 aromatic rings. The zero-order valence-corrected chi connectivity index (χ0v) is 15.7. The van der Waals surface area contributed by atoms with Gasteiger partial charge in [-0.05, 0) is 26.0 Å². The number of nitrogens with two attached hydrogens (primary N) is 1. The molecule has 1 aliphatic rings. The third kappa shape index (κ3) is 3.04. The van der Waals surface area contributed by atoms with Crippen LogP contribution in [0, 0.1) is 18.3 Å². The first-order valence-corrected chi connectivity index (χ1v) is 8.45. The Balaban J connectivity index is 2.26. The summed E-state index contributed by atoms with van der Waals surface area (Å²) < 4.78 is 11.8. The van der Waals surface area contributed by atoms with Gasteiger partial charge in [-0.3, -0.25) is 0 Å². The summed E-state index contributed by atoms with van der Waals surface area (Å²) >= 11 is 6.64. The number of methoxy groups -OCH3 is 1. The van der Waals surface area contributed by atoms with E-state index in [0.717, 1.165) is 5.69 Å². The van der Waals surface area contributed by atoms with Crippen molar-refractivity contribution in [3.05, 3.63) is 69.5 Å². The van der Waals surface area contributed by atoms with Crippen LogP contribution in [0.2, 0.25) is 5.15 Å². The van der Waals surface area contributed by atoms with E-state index in [1.807, 2.05) is 36.4 Å². The number of ether oxygens (including phenoxy) is 2. The van der Waals surface area contributed by atoms with E-state index in [-0.39, 0.29) is 27.9 Å². The number of carbonyl (C=O) groups excluding carboxylic acids is 1. The van der Waals surface area contributed by atoms with Gasteiger partial charge in [0.05, 0.1) is 30.0 Å². The van der Waals surface area contributed by atoms with Crippen LogP contribution in [0.3, 0.4) is 0 Å². The predicted octanol–water partition coefficient (Wildman–Crippen LogP) is 3.09. The van der Waals surface area contributed by atoms with Crippen molar-refractivity contribution in [3.8, 4) is 11.8 Å². The molecule has 7 nitrogen and oxygen atoms in total. The summed E-state index contributed by atoms with van der Waals surface area (Å²) in [5, 5.41) is 14.4. The summed E-state index contributed by atoms with van der Waals surface area (Å²) in [6.07, 6.45) is 0. The third-order valence-corrected chi connectivity index (χ3v) is 4.71. The van der Waals surface area contributed by atoms with Crippen LogP contribution in [-0.2, 0) is 14.3 Å². The number of nitriles is 1. The Labute approximate surface area is 161 Å². The molecule has 1 atom stereocenters. The van der Waals surface area contributed by atoms with Crippen LogP contribution in [0.5, 0.6) is 0 Å². The second kappa shape index (κ2) is 7.17. The molecule has 1 aromatic carbocycles. The number of halogens is 1. The molecule has 8 heteroatoms. The van der Waals surface area contributed by atoms with Gasteiger partial charge in [-0.15, -0.1) is 0 Å². The van der Waals surface area contributed by atoms with Crippen molar-refractivity contribution >= 4 is 17.6 Å². The van der Waals surface area contributed by atoms with Gasteiger partial charge in [-0.2, -0.15) is 10.4 Å². The number of esters is 1. The van der Waals surface area contributed by atoms with E-state index in [1.165, 1.54) is 7.11 Å². The number of benzene rings is 1. The Hall–Kier alpha value is -3.24. The van der Waals surface area contributed by atoms with Crippen LogP contribution >= 0.6 is 11.6 Å². The minimum absolute atomic E-state index is 0.0735. The molecule has 3 rings (SSSR count). The zero-order chi connectivity index (χ0) is 19.7. The molecule has 1 aliphatic heterocycles. The van der Waals surface area contributed by atoms with Crippen LogP contribution < -0.4 is 5.73 Å². The van der Waals surface area contributed by atoms with E-state index in [9.17, 15) is 10.1 Å². The highest BCUT2D eigenvalue weighted by Gasteiger charge is 2.39. The first kappa shape index (κ1) is 18.5. The van der Waals surface area contributed by atoms with E-state index >= 15 is 0 Å². The molecular weight excluding hydrogens is 368 g/mol. The first-order chi connectivity index (χ1) is 12.9. The molecule has 0 fully saturated rings. The highest BCUT2D eigenvalue weighted by molar-refractivity contribution is 6.31. The standard InChI is InChI=1S/C19H17ClN4O3/c1-10-14(17(20)24(23-10)12-7-5-4-6-8-12)16-13(9-21)18(22)27-11(2)15(16)19(25)26-3/h4-8,16H,22H2,1-3H3/t16-/m0/s1. The van der Waals surface area contributed by atoms with Gasteiger partial charge >= 0.3 is 5.97 Å². The fourth-order valence-corrected chi connectivity index (χ4v) is 3.51. The number of nitrogens with zero attached hydrogens (tertiary/aromatic N) is 3. The van der Waals surface area contributed by atoms with Gasteiger partial charge < -0.3 is 15.2 Å². The molecule has 0 saturated heterocycles. The van der Waals surface area contributed by atoms with E-state index in [0.29, 0.717) is 11.3 Å². The quantitative estimate of drug-likeness (QED) is 0.815. The van der Waals surface area contributed by atoms with Crippen LogP contribution in [0.15, 0.2) is 53.1 Å². The maximum Gasteiger partial charge on any atom is 0.338 e. The maximum absolute atomic E-state index is 12.4. The molecule has 2 heterocycles. The van der Waals surface area contributed by atoms with Crippen molar-refractivity contribution in [3.63, 3.8) is 0 Å². The van der Waals surface area contributed by atoms with Crippen molar-refractivity contribution in [2.45, 2.75) is 19.8 Å². The average Bonchev–Trinajstić information content (AvgIpc) is 2.95. The molecule has 0 amide bonds. The molecule has 0 aliphatic carbocycles. The van der Waals surface area contributed by atoms with E-state index in [4.69, 9.17) is 26.8 Å². The topological polar surface area (TPSA) is 103 Å². The average molecular weight is 385 g/mol. The maximum atomic E-state index is 12.4. The SMILES string of the molecule is COC(=O)C1=C(C)OC(N)=C(C#N)[C@H]1c1c(C)nn(-c2ccccc2)c1Cl. The first-order valence-electron chi connectivity index (χ1n) is 8.07. The number of hydrogen-bond donors (Lipinski definition) is 1. The Morgan fingerprint density at radius 1 is 1.37 bits per heavy atom. The summed E-state index contributed by atoms with van der Waals surface area (Å²) in [5.41, 5.74) is 7.97. The summed E-state index contributed by atoms with van der Waals surface area (Å²) in [7, 11) is 1.26. The van der Waals surface area contributed by atoms with Gasteiger partial charge in [-0.25, -0.2) is 9.48 Å². The fraction of sp³-hybridized carbons (Fsp3) is 0.211. The van der Waals surface area contributed by atoms with Crippen LogP contribution in [0.4, 0.5) is 0 Å². The smallest absolute Gasteiger partial charge is 0.338 e. The number of aromatic nitrogens is 2. The normalized spacial score (nSPS) is 16.8. The second-order valence-electron chi connectivity index (χ2n) is 5.92. The van der Waals surface area contributed by atoms with Crippen molar-refractivity contribution in [1.82, 2.24) is 9.78 Å². The molecule has 0 spiro atoms. The van der Waals surface area contributed by atoms with Crippen molar-refractivity contribution in [2.24, 2.45) is 5.73 Å². The third-order valence-electron chi connectivity index (χ3n) is 4.35. The van der Waals surface area contributed by atoms with Gasteiger partial charge in [0.1, 0.15) is 22.6 Å². The van der Waals surface area contributed by atoms with E-state index in [1.54, 1.807) is 18.5 Å². The van der Waals surface area contributed by atoms with E-state index in [2.05, 4.69) is 5.10 Å². The lowest BCUT2D eigenvalue weighted by molar-refractivity contribution is -0.136. The van der Waals surface area contributed by atoms with Gasteiger partial charge in [0.15, 0.2) is 0 Å². The summed E-state index contributed by atoms with van der Waals surface area (Å²) in [5.74, 6) is -1.27. The highest BCUT2D eigenvalue weighted by Crippen LogP contribution is 2.43. The van der Waals surface area contributed by atoms with Crippen LogP contribution in [-0.4, -0.2) is 22.9 Å². The Bertz CT molecular complexity index is 1020. The van der Waals surface area contributed by atoms with Gasteiger partial charge in [0, 0.05) is 5.56 Å². The molecular formula is C19H17ClN4O3. The van der Waals surface area contributed by atoms with Gasteiger partial charge in [-0.1, -0.05) is 29.8 Å². The molecule has 0 radical (unpaired) electrons. The molecule has 138 valence electrons. The van der Waals surface area contributed by atoms with Crippen molar-refractivity contribution in [1.29, 1.82) is 5.26 Å². The Morgan fingerprint density at radius 2 is 2.04 bits per heavy atom. The molecule has 0 saturated carbocycles. The minimum Gasteiger partial charge on any atom is -0.466 e. The summed E-state index contributed by atoms with van der Waals surface area (Å²) in [4.78, 5) is 12.4. The van der Waals surface area contributed by atoms with Crippen molar-refractivity contribution < 1.29 is 14.3 Å². The molecule has 1 aromatic heterocycles. The fourth-order valence-electron chi connectivity index (χ4n) is 3.12.